The molecule has 0 amide bonds. The van der Waals surface area contributed by atoms with Gasteiger partial charge in [0.1, 0.15) is 0 Å². The fraction of sp³-hybridized carbons (Fsp3) is 0.333. The van der Waals surface area contributed by atoms with Crippen LogP contribution in [-0.2, 0) is 0 Å². The molecule has 0 unspecified atom stereocenters. The van der Waals surface area contributed by atoms with Crippen molar-refractivity contribution in [2.45, 2.75) is 0 Å². The number of likely N-dealkylation sites (N-methyl/N-ethyl adjacent to an activating group) is 2. The van der Waals surface area contributed by atoms with Gasteiger partial charge in [-0.25, -0.2) is 19.9 Å². The van der Waals surface area contributed by atoms with E-state index in [0.717, 1.165) is 97.5 Å². The number of nitrogens with zero attached hydrogens (tertiary/aromatic N) is 8. The average molecular weight is 520 g/mol. The molecular weight excluding hydrogens is 486 g/mol. The van der Waals surface area contributed by atoms with E-state index in [0.29, 0.717) is 0 Å². The van der Waals surface area contributed by atoms with Crippen molar-refractivity contribution in [1.82, 2.24) is 34.7 Å². The smallest absolute Gasteiger partial charge is 0.225 e. The first-order valence-electron chi connectivity index (χ1n) is 13.7. The number of benzene rings is 2. The second-order valence-electron chi connectivity index (χ2n) is 10.8. The number of anilines is 2. The summed E-state index contributed by atoms with van der Waals surface area (Å²) in [7, 11) is 4.31. The molecule has 7 rings (SSSR count). The van der Waals surface area contributed by atoms with Gasteiger partial charge in [-0.15, -0.1) is 0 Å². The Bertz CT molecular complexity index is 1470. The Morgan fingerprint density at radius 3 is 1.28 bits per heavy atom. The van der Waals surface area contributed by atoms with Crippen LogP contribution in [0.5, 0.6) is 0 Å². The fourth-order valence-electron chi connectivity index (χ4n) is 5.55. The van der Waals surface area contributed by atoms with Crippen LogP contribution in [0.25, 0.3) is 44.1 Å². The van der Waals surface area contributed by atoms with Gasteiger partial charge >= 0.3 is 0 Å². The molecule has 5 aromatic rings. The zero-order valence-electron chi connectivity index (χ0n) is 22.5. The lowest BCUT2D eigenvalue weighted by Gasteiger charge is -2.32. The van der Waals surface area contributed by atoms with Crippen LogP contribution in [0.15, 0.2) is 61.2 Å². The summed E-state index contributed by atoms with van der Waals surface area (Å²) < 4.78 is 0. The summed E-state index contributed by atoms with van der Waals surface area (Å²) in [6.07, 6.45) is 7.76. The van der Waals surface area contributed by atoms with Gasteiger partial charge in [0.05, 0.1) is 0 Å². The van der Waals surface area contributed by atoms with Gasteiger partial charge in [0, 0.05) is 110 Å². The number of hydrogen-bond acceptors (Lipinski definition) is 8. The zero-order chi connectivity index (χ0) is 26.3. The molecule has 198 valence electrons. The Morgan fingerprint density at radius 1 is 0.513 bits per heavy atom. The first-order valence-corrected chi connectivity index (χ1v) is 13.7. The minimum Gasteiger partial charge on any atom is -0.354 e. The molecule has 0 bridgehead atoms. The van der Waals surface area contributed by atoms with Crippen LogP contribution >= 0.6 is 0 Å². The summed E-state index contributed by atoms with van der Waals surface area (Å²) in [5.74, 6) is 1.62. The van der Waals surface area contributed by atoms with Crippen LogP contribution in [0, 0.1) is 0 Å². The second kappa shape index (κ2) is 9.91. The van der Waals surface area contributed by atoms with E-state index in [2.05, 4.69) is 95.0 Å². The van der Waals surface area contributed by atoms with Gasteiger partial charge in [-0.3, -0.25) is 0 Å². The molecule has 1 N–H and O–H groups in total. The number of fused-ring (bicyclic) bond motifs is 3. The summed E-state index contributed by atoms with van der Waals surface area (Å²) in [6, 6.07) is 13.1. The van der Waals surface area contributed by atoms with Crippen LogP contribution in [0.2, 0.25) is 0 Å². The van der Waals surface area contributed by atoms with Gasteiger partial charge in [0.25, 0.3) is 0 Å². The Morgan fingerprint density at radius 2 is 0.897 bits per heavy atom. The maximum atomic E-state index is 4.68. The molecule has 2 aromatic carbocycles. The molecule has 9 heteroatoms. The molecule has 2 fully saturated rings. The van der Waals surface area contributed by atoms with Gasteiger partial charge in [-0.2, -0.15) is 0 Å². The third kappa shape index (κ3) is 4.68. The molecule has 3 aromatic heterocycles. The van der Waals surface area contributed by atoms with E-state index >= 15 is 0 Å². The quantitative estimate of drug-likeness (QED) is 0.385. The lowest BCUT2D eigenvalue weighted by atomic mass is 10.0. The summed E-state index contributed by atoms with van der Waals surface area (Å²) in [6.45, 7) is 8.02. The topological polar surface area (TPSA) is 80.3 Å². The number of H-pyrrole nitrogens is 1. The Labute approximate surface area is 228 Å². The monoisotopic (exact) mass is 519 g/mol. The Kier molecular flexibility index (Phi) is 6.09. The molecular formula is C30H33N9. The zero-order valence-corrected chi connectivity index (χ0v) is 22.5. The Hall–Kier alpha value is -4.08. The Balaban J connectivity index is 1.12. The second-order valence-corrected chi connectivity index (χ2v) is 10.8. The molecule has 2 aliphatic rings. The van der Waals surface area contributed by atoms with Crippen molar-refractivity contribution in [2.75, 3.05) is 76.3 Å². The standard InChI is InChI=1S/C30H33N9/c1-36-7-11-38(12-8-36)29-31-17-23(18-32-29)21-3-5-25-26-6-4-22(16-28(26)35-27(25)15-21)24-19-33-30(34-20-24)39-13-9-37(2)10-14-39/h3-6,15-20,35H,7-14H2,1-2H3. The highest BCUT2D eigenvalue weighted by Gasteiger charge is 2.18. The van der Waals surface area contributed by atoms with Crippen molar-refractivity contribution in [1.29, 1.82) is 0 Å². The van der Waals surface area contributed by atoms with E-state index in [9.17, 15) is 0 Å². The molecule has 2 saturated heterocycles. The van der Waals surface area contributed by atoms with Gasteiger partial charge in [-0.05, 0) is 37.4 Å². The molecule has 0 atom stereocenters. The van der Waals surface area contributed by atoms with E-state index in [-0.39, 0.29) is 0 Å². The minimum absolute atomic E-state index is 0.812. The molecule has 0 saturated carbocycles. The molecule has 0 radical (unpaired) electrons. The van der Waals surface area contributed by atoms with Crippen molar-refractivity contribution in [2.24, 2.45) is 0 Å². The maximum absolute atomic E-state index is 4.68. The summed E-state index contributed by atoms with van der Waals surface area (Å²) in [5.41, 5.74) is 6.45. The highest BCUT2D eigenvalue weighted by molar-refractivity contribution is 6.09. The van der Waals surface area contributed by atoms with Crippen LogP contribution in [-0.4, -0.2) is 101 Å². The van der Waals surface area contributed by atoms with E-state index in [1.165, 1.54) is 10.8 Å². The lowest BCUT2D eigenvalue weighted by molar-refractivity contribution is 0.311. The molecule has 5 heterocycles. The number of aromatic amines is 1. The summed E-state index contributed by atoms with van der Waals surface area (Å²) in [5, 5.41) is 2.41. The van der Waals surface area contributed by atoms with Crippen molar-refractivity contribution in [3.63, 3.8) is 0 Å². The first-order chi connectivity index (χ1) is 19.1. The van der Waals surface area contributed by atoms with Gasteiger partial charge in [0.2, 0.25) is 11.9 Å². The van der Waals surface area contributed by atoms with Crippen LogP contribution in [0.3, 0.4) is 0 Å². The number of nitrogens with one attached hydrogen (secondary N) is 1. The predicted molar refractivity (Wildman–Crippen MR) is 157 cm³/mol. The largest absolute Gasteiger partial charge is 0.354 e. The molecule has 2 aliphatic heterocycles. The van der Waals surface area contributed by atoms with Gasteiger partial charge in [0.15, 0.2) is 0 Å². The minimum atomic E-state index is 0.812. The highest BCUT2D eigenvalue weighted by atomic mass is 15.3. The average Bonchev–Trinajstić information content (AvgIpc) is 3.35. The predicted octanol–water partition coefficient (Wildman–Crippen LogP) is 3.74. The van der Waals surface area contributed by atoms with Crippen LogP contribution < -0.4 is 9.80 Å². The fourth-order valence-corrected chi connectivity index (χ4v) is 5.55. The van der Waals surface area contributed by atoms with E-state index in [1.54, 1.807) is 0 Å². The van der Waals surface area contributed by atoms with Crippen molar-refractivity contribution >= 4 is 33.7 Å². The molecule has 39 heavy (non-hydrogen) atoms. The van der Waals surface area contributed by atoms with Crippen molar-refractivity contribution in [3.05, 3.63) is 61.2 Å². The first kappa shape index (κ1) is 24.0. The molecule has 9 nitrogen and oxygen atoms in total. The molecule has 0 aliphatic carbocycles. The third-order valence-electron chi connectivity index (χ3n) is 8.11. The van der Waals surface area contributed by atoms with Gasteiger partial charge in [-0.1, -0.05) is 24.3 Å². The van der Waals surface area contributed by atoms with Crippen LogP contribution in [0.4, 0.5) is 11.9 Å². The number of aromatic nitrogens is 5. The summed E-state index contributed by atoms with van der Waals surface area (Å²) in [4.78, 5) is 31.5. The van der Waals surface area contributed by atoms with Crippen molar-refractivity contribution < 1.29 is 0 Å². The lowest BCUT2D eigenvalue weighted by Crippen LogP contribution is -2.45. The maximum Gasteiger partial charge on any atom is 0.225 e. The number of hydrogen-bond donors (Lipinski definition) is 1. The summed E-state index contributed by atoms with van der Waals surface area (Å²) >= 11 is 0. The number of rotatable bonds is 4. The molecule has 0 spiro atoms. The van der Waals surface area contributed by atoms with Crippen molar-refractivity contribution in [3.8, 4) is 22.3 Å². The third-order valence-corrected chi connectivity index (χ3v) is 8.11. The van der Waals surface area contributed by atoms with E-state index < -0.39 is 0 Å². The number of piperazine rings is 2. The normalized spacial score (nSPS) is 17.4. The SMILES string of the molecule is CN1CCN(c2ncc(-c3ccc4c(c3)[nH]c3cc(-c5cnc(N6CCN(C)CC6)nc5)ccc34)cn2)CC1. The van der Waals surface area contributed by atoms with E-state index in [1.807, 2.05) is 24.8 Å². The van der Waals surface area contributed by atoms with Gasteiger partial charge < -0.3 is 24.6 Å². The highest BCUT2D eigenvalue weighted by Crippen LogP contribution is 2.32. The van der Waals surface area contributed by atoms with E-state index in [4.69, 9.17) is 0 Å². The van der Waals surface area contributed by atoms with Crippen LogP contribution in [0.1, 0.15) is 0 Å².